The van der Waals surface area contributed by atoms with Gasteiger partial charge in [-0.25, -0.2) is 4.98 Å². The van der Waals surface area contributed by atoms with Gasteiger partial charge in [-0.05, 0) is 70.5 Å². The number of amides is 2. The summed E-state index contributed by atoms with van der Waals surface area (Å²) >= 11 is 0. The molecule has 0 spiro atoms. The van der Waals surface area contributed by atoms with Gasteiger partial charge in [-0.1, -0.05) is 6.07 Å². The van der Waals surface area contributed by atoms with Crippen molar-refractivity contribution in [3.05, 3.63) is 46.5 Å². The molecule has 2 aromatic rings. The Labute approximate surface area is 166 Å². The quantitative estimate of drug-likeness (QED) is 0.803. The molecule has 2 amide bonds. The number of hydrogen-bond donors (Lipinski definition) is 2. The van der Waals surface area contributed by atoms with Crippen LogP contribution in [0.3, 0.4) is 0 Å². The summed E-state index contributed by atoms with van der Waals surface area (Å²) in [4.78, 5) is 32.0. The average Bonchev–Trinajstić information content (AvgIpc) is 3.04. The number of carbonyl (C=O) groups excluding carboxylic acids is 2. The van der Waals surface area contributed by atoms with Crippen LogP contribution >= 0.6 is 0 Å². The molecule has 0 unspecified atom stereocenters. The van der Waals surface area contributed by atoms with Crippen LogP contribution in [0, 0.1) is 13.8 Å². The Kier molecular flexibility index (Phi) is 6.14. The molecule has 2 N–H and O–H groups in total. The van der Waals surface area contributed by atoms with Crippen LogP contribution in [0.4, 0.5) is 5.69 Å². The molecule has 1 aliphatic heterocycles. The first kappa shape index (κ1) is 20.1. The van der Waals surface area contributed by atoms with Crippen molar-refractivity contribution in [2.24, 2.45) is 0 Å². The number of nitrogens with zero attached hydrogens (tertiary/aromatic N) is 3. The number of hydrogen-bond acceptors (Lipinski definition) is 4. The van der Waals surface area contributed by atoms with Crippen molar-refractivity contribution < 1.29 is 9.59 Å². The third kappa shape index (κ3) is 4.42. The molecule has 150 valence electrons. The van der Waals surface area contributed by atoms with Gasteiger partial charge in [-0.2, -0.15) is 0 Å². The van der Waals surface area contributed by atoms with E-state index in [9.17, 15) is 9.59 Å². The van der Waals surface area contributed by atoms with Crippen LogP contribution in [0.2, 0.25) is 0 Å². The normalized spacial score (nSPS) is 13.3. The average molecular weight is 383 g/mol. The molecule has 3 rings (SSSR count). The number of anilines is 1. The molecule has 28 heavy (non-hydrogen) atoms. The monoisotopic (exact) mass is 383 g/mol. The van der Waals surface area contributed by atoms with Crippen molar-refractivity contribution in [3.8, 4) is 0 Å². The molecular formula is C21H29N5O2. The maximum absolute atomic E-state index is 12.9. The number of aromatic nitrogens is 2. The largest absolute Gasteiger partial charge is 0.348 e. The molecule has 0 bridgehead atoms. The summed E-state index contributed by atoms with van der Waals surface area (Å²) in [7, 11) is 3.91. The van der Waals surface area contributed by atoms with Gasteiger partial charge in [0, 0.05) is 25.3 Å². The number of nitrogens with one attached hydrogen (secondary N) is 2. The molecule has 1 aromatic heterocycles. The highest BCUT2D eigenvalue weighted by atomic mass is 16.2. The standard InChI is InChI=1S/C21H29N5O2/c1-14-8-9-16(13-15(14)2)23-20(27)18-17-7-5-6-11-26(17)19(24-18)21(28)22-10-12-25(3)4/h8-9,13H,5-7,10-12H2,1-4H3,(H,22,28)(H,23,27). The minimum absolute atomic E-state index is 0.227. The minimum atomic E-state index is -0.263. The lowest BCUT2D eigenvalue weighted by Crippen LogP contribution is -2.33. The molecule has 0 saturated carbocycles. The zero-order chi connectivity index (χ0) is 20.3. The summed E-state index contributed by atoms with van der Waals surface area (Å²) < 4.78 is 1.91. The summed E-state index contributed by atoms with van der Waals surface area (Å²) in [6.45, 7) is 6.06. The van der Waals surface area contributed by atoms with Crippen molar-refractivity contribution in [3.63, 3.8) is 0 Å². The molecule has 2 heterocycles. The van der Waals surface area contributed by atoms with Crippen LogP contribution in [0.25, 0.3) is 0 Å². The molecule has 1 aliphatic rings. The molecule has 7 heteroatoms. The summed E-state index contributed by atoms with van der Waals surface area (Å²) in [6, 6.07) is 5.82. The maximum Gasteiger partial charge on any atom is 0.287 e. The first-order chi connectivity index (χ1) is 13.4. The summed E-state index contributed by atoms with van der Waals surface area (Å²) in [5.74, 6) is -0.157. The van der Waals surface area contributed by atoms with Crippen LogP contribution < -0.4 is 10.6 Å². The lowest BCUT2D eigenvalue weighted by molar-refractivity contribution is 0.0935. The van der Waals surface area contributed by atoms with Crippen LogP contribution in [0.5, 0.6) is 0 Å². The topological polar surface area (TPSA) is 79.3 Å². The van der Waals surface area contributed by atoms with E-state index < -0.39 is 0 Å². The Bertz CT molecular complexity index is 885. The molecule has 1 aromatic carbocycles. The highest BCUT2D eigenvalue weighted by Crippen LogP contribution is 2.23. The number of fused-ring (bicyclic) bond motifs is 1. The second-order valence-corrected chi connectivity index (χ2v) is 7.65. The van der Waals surface area contributed by atoms with Crippen molar-refractivity contribution in [1.82, 2.24) is 19.8 Å². The van der Waals surface area contributed by atoms with Gasteiger partial charge >= 0.3 is 0 Å². The number of aryl methyl sites for hydroxylation is 2. The van der Waals surface area contributed by atoms with Crippen molar-refractivity contribution in [2.45, 2.75) is 39.7 Å². The third-order valence-corrected chi connectivity index (χ3v) is 5.15. The molecule has 7 nitrogen and oxygen atoms in total. The third-order valence-electron chi connectivity index (χ3n) is 5.15. The summed E-state index contributed by atoms with van der Waals surface area (Å²) in [5, 5.41) is 5.83. The Balaban J connectivity index is 1.82. The van der Waals surface area contributed by atoms with Gasteiger partial charge in [-0.15, -0.1) is 0 Å². The summed E-state index contributed by atoms with van der Waals surface area (Å²) in [6.07, 6.45) is 2.74. The fourth-order valence-corrected chi connectivity index (χ4v) is 3.38. The highest BCUT2D eigenvalue weighted by Gasteiger charge is 2.27. The smallest absolute Gasteiger partial charge is 0.287 e. The van der Waals surface area contributed by atoms with E-state index in [0.717, 1.165) is 49.3 Å². The van der Waals surface area contributed by atoms with Crippen LogP contribution in [-0.4, -0.2) is 53.5 Å². The lowest BCUT2D eigenvalue weighted by atomic mass is 10.1. The molecule has 0 fully saturated rings. The zero-order valence-corrected chi connectivity index (χ0v) is 17.1. The van der Waals surface area contributed by atoms with Crippen LogP contribution in [0.1, 0.15) is 50.8 Å². The van der Waals surface area contributed by atoms with Gasteiger partial charge < -0.3 is 20.1 Å². The van der Waals surface area contributed by atoms with E-state index in [1.807, 2.05) is 55.6 Å². The predicted octanol–water partition coefficient (Wildman–Crippen LogP) is 2.38. The fraction of sp³-hybridized carbons (Fsp3) is 0.476. The number of carbonyl (C=O) groups is 2. The first-order valence-corrected chi connectivity index (χ1v) is 9.77. The van der Waals surface area contributed by atoms with E-state index in [1.54, 1.807) is 0 Å². The maximum atomic E-state index is 12.9. The van der Waals surface area contributed by atoms with E-state index in [0.29, 0.717) is 18.1 Å². The Hall–Kier alpha value is -2.67. The molecule has 0 radical (unpaired) electrons. The molecule has 0 saturated heterocycles. The minimum Gasteiger partial charge on any atom is -0.348 e. The van der Waals surface area contributed by atoms with E-state index in [1.165, 1.54) is 5.56 Å². The van der Waals surface area contributed by atoms with E-state index in [2.05, 4.69) is 15.6 Å². The molecule has 0 atom stereocenters. The van der Waals surface area contributed by atoms with Gasteiger partial charge in [0.25, 0.3) is 11.8 Å². The molecular weight excluding hydrogens is 354 g/mol. The first-order valence-electron chi connectivity index (χ1n) is 9.77. The van der Waals surface area contributed by atoms with Crippen LogP contribution in [-0.2, 0) is 13.0 Å². The second-order valence-electron chi connectivity index (χ2n) is 7.65. The highest BCUT2D eigenvalue weighted by molar-refractivity contribution is 6.05. The second kappa shape index (κ2) is 8.56. The lowest BCUT2D eigenvalue weighted by Gasteiger charge is -2.17. The summed E-state index contributed by atoms with van der Waals surface area (Å²) in [5.41, 5.74) is 4.24. The zero-order valence-electron chi connectivity index (χ0n) is 17.1. The Morgan fingerprint density at radius 3 is 2.64 bits per heavy atom. The van der Waals surface area contributed by atoms with E-state index in [4.69, 9.17) is 0 Å². The number of likely N-dealkylation sites (N-methyl/N-ethyl adjacent to an activating group) is 1. The predicted molar refractivity (Wildman–Crippen MR) is 110 cm³/mol. The van der Waals surface area contributed by atoms with E-state index >= 15 is 0 Å². The van der Waals surface area contributed by atoms with Crippen molar-refractivity contribution in [2.75, 3.05) is 32.5 Å². The van der Waals surface area contributed by atoms with Gasteiger partial charge in [0.2, 0.25) is 0 Å². The molecule has 0 aliphatic carbocycles. The number of rotatable bonds is 6. The van der Waals surface area contributed by atoms with Crippen molar-refractivity contribution >= 4 is 17.5 Å². The Morgan fingerprint density at radius 1 is 1.14 bits per heavy atom. The fourth-order valence-electron chi connectivity index (χ4n) is 3.38. The van der Waals surface area contributed by atoms with Crippen LogP contribution in [0.15, 0.2) is 18.2 Å². The van der Waals surface area contributed by atoms with E-state index in [-0.39, 0.29) is 11.8 Å². The van der Waals surface area contributed by atoms with Gasteiger partial charge in [0.1, 0.15) is 0 Å². The van der Waals surface area contributed by atoms with Crippen molar-refractivity contribution in [1.29, 1.82) is 0 Å². The SMILES string of the molecule is Cc1ccc(NC(=O)c2nc(C(=O)NCCN(C)C)n3c2CCCC3)cc1C. The Morgan fingerprint density at radius 2 is 1.93 bits per heavy atom. The van der Waals surface area contributed by atoms with Gasteiger partial charge in [-0.3, -0.25) is 9.59 Å². The van der Waals surface area contributed by atoms with Gasteiger partial charge in [0.15, 0.2) is 11.5 Å². The van der Waals surface area contributed by atoms with Gasteiger partial charge in [0.05, 0.1) is 5.69 Å². The number of imidazole rings is 1. The number of benzene rings is 1.